The first kappa shape index (κ1) is 12.6. The van der Waals surface area contributed by atoms with Gasteiger partial charge < -0.3 is 5.11 Å². The van der Waals surface area contributed by atoms with Crippen molar-refractivity contribution >= 4 is 0 Å². The van der Waals surface area contributed by atoms with Crippen molar-refractivity contribution in [1.29, 1.82) is 0 Å². The van der Waals surface area contributed by atoms with Crippen molar-refractivity contribution < 1.29 is 22.7 Å². The van der Waals surface area contributed by atoms with E-state index in [1.807, 2.05) is 0 Å². The molecule has 0 amide bonds. The molecule has 1 nitrogen and oxygen atoms in total. The zero-order valence-electron chi connectivity index (χ0n) is 9.00. The molecule has 1 N–H and O–H groups in total. The van der Waals surface area contributed by atoms with E-state index in [9.17, 15) is 22.7 Å². The van der Waals surface area contributed by atoms with Crippen LogP contribution >= 0.6 is 0 Å². The fourth-order valence-corrected chi connectivity index (χ4v) is 1.61. The Labute approximate surface area is 100 Å². The second-order valence-corrected chi connectivity index (χ2v) is 3.72. The van der Waals surface area contributed by atoms with Crippen LogP contribution in [-0.2, 0) is 0 Å². The molecule has 2 rings (SSSR count). The summed E-state index contributed by atoms with van der Waals surface area (Å²) in [6, 6.07) is 6.54. The van der Waals surface area contributed by atoms with Crippen LogP contribution in [0.2, 0.25) is 0 Å². The molecule has 0 aromatic heterocycles. The molecule has 5 heteroatoms. The van der Waals surface area contributed by atoms with Crippen LogP contribution in [0.3, 0.4) is 0 Å². The Morgan fingerprint density at radius 2 is 1.39 bits per heavy atom. The Morgan fingerprint density at radius 3 is 1.94 bits per heavy atom. The van der Waals surface area contributed by atoms with Crippen molar-refractivity contribution in [1.82, 2.24) is 0 Å². The Morgan fingerprint density at radius 1 is 0.833 bits per heavy atom. The predicted molar refractivity (Wildman–Crippen MR) is 56.8 cm³/mol. The topological polar surface area (TPSA) is 20.2 Å². The molecule has 0 aliphatic heterocycles. The van der Waals surface area contributed by atoms with E-state index >= 15 is 0 Å². The van der Waals surface area contributed by atoms with Gasteiger partial charge in [0.1, 0.15) is 11.9 Å². The summed E-state index contributed by atoms with van der Waals surface area (Å²) in [5, 5.41) is 9.82. The largest absolute Gasteiger partial charge is 0.384 e. The maximum atomic E-state index is 13.4. The van der Waals surface area contributed by atoms with Gasteiger partial charge in [0.2, 0.25) is 0 Å². The van der Waals surface area contributed by atoms with Gasteiger partial charge in [-0.15, -0.1) is 0 Å². The third-order valence-electron chi connectivity index (χ3n) is 2.52. The normalized spacial score (nSPS) is 12.5. The lowest BCUT2D eigenvalue weighted by Crippen LogP contribution is -2.05. The summed E-state index contributed by atoms with van der Waals surface area (Å²) >= 11 is 0. The van der Waals surface area contributed by atoms with Gasteiger partial charge in [0, 0.05) is 5.56 Å². The molecule has 0 spiro atoms. The highest BCUT2D eigenvalue weighted by Gasteiger charge is 2.19. The predicted octanol–water partition coefficient (Wildman–Crippen LogP) is 3.32. The van der Waals surface area contributed by atoms with Crippen LogP contribution in [0.1, 0.15) is 17.2 Å². The summed E-state index contributed by atoms with van der Waals surface area (Å²) in [5.74, 6) is -5.20. The van der Waals surface area contributed by atoms with Crippen molar-refractivity contribution in [2.24, 2.45) is 0 Å². The van der Waals surface area contributed by atoms with E-state index in [0.29, 0.717) is 12.1 Å². The average molecular weight is 256 g/mol. The zero-order valence-corrected chi connectivity index (χ0v) is 9.00. The minimum absolute atomic E-state index is 0.136. The number of halogens is 4. The van der Waals surface area contributed by atoms with Gasteiger partial charge >= 0.3 is 0 Å². The number of hydrogen-bond acceptors (Lipinski definition) is 1. The molecule has 1 atom stereocenters. The molecule has 0 bridgehead atoms. The lowest BCUT2D eigenvalue weighted by molar-refractivity contribution is 0.213. The van der Waals surface area contributed by atoms with Gasteiger partial charge in [-0.3, -0.25) is 0 Å². The third-order valence-corrected chi connectivity index (χ3v) is 2.52. The standard InChI is InChI=1S/C13H8F4O/c14-9-4-2-1-3-8(9)13(18)7-5-10(15)12(17)11(16)6-7/h1-6,13,18H. The van der Waals surface area contributed by atoms with Gasteiger partial charge in [-0.25, -0.2) is 17.6 Å². The van der Waals surface area contributed by atoms with E-state index in [2.05, 4.69) is 0 Å². The molecule has 1 unspecified atom stereocenters. The highest BCUT2D eigenvalue weighted by atomic mass is 19.2. The van der Waals surface area contributed by atoms with Crippen molar-refractivity contribution in [3.63, 3.8) is 0 Å². The highest BCUT2D eigenvalue weighted by Crippen LogP contribution is 2.26. The van der Waals surface area contributed by atoms with Crippen molar-refractivity contribution in [3.05, 3.63) is 70.8 Å². The second kappa shape index (κ2) is 4.78. The Balaban J connectivity index is 2.47. The molecule has 0 radical (unpaired) electrons. The lowest BCUT2D eigenvalue weighted by atomic mass is 10.0. The van der Waals surface area contributed by atoms with E-state index in [1.165, 1.54) is 18.2 Å². The Hall–Kier alpha value is -1.88. The molecular formula is C13H8F4O. The second-order valence-electron chi connectivity index (χ2n) is 3.72. The summed E-state index contributed by atoms with van der Waals surface area (Å²) in [7, 11) is 0. The van der Waals surface area contributed by atoms with Gasteiger partial charge in [-0.05, 0) is 23.8 Å². The van der Waals surface area contributed by atoms with Gasteiger partial charge in [-0.2, -0.15) is 0 Å². The number of benzene rings is 2. The fraction of sp³-hybridized carbons (Fsp3) is 0.0769. The molecule has 94 valence electrons. The van der Waals surface area contributed by atoms with Crippen LogP contribution in [0.4, 0.5) is 17.6 Å². The van der Waals surface area contributed by atoms with Crippen molar-refractivity contribution in [3.8, 4) is 0 Å². The minimum Gasteiger partial charge on any atom is -0.384 e. The number of rotatable bonds is 2. The highest BCUT2D eigenvalue weighted by molar-refractivity contribution is 5.31. The van der Waals surface area contributed by atoms with E-state index in [1.54, 1.807) is 0 Å². The van der Waals surface area contributed by atoms with Crippen LogP contribution in [0.15, 0.2) is 36.4 Å². The van der Waals surface area contributed by atoms with Crippen molar-refractivity contribution in [2.75, 3.05) is 0 Å². The number of aliphatic hydroxyl groups is 1. The summed E-state index contributed by atoms with van der Waals surface area (Å²) in [5.41, 5.74) is -0.389. The molecule has 0 fully saturated rings. The fourth-order valence-electron chi connectivity index (χ4n) is 1.61. The molecule has 2 aromatic rings. The first-order chi connectivity index (χ1) is 8.50. The van der Waals surface area contributed by atoms with Crippen LogP contribution in [0.5, 0.6) is 0 Å². The first-order valence-electron chi connectivity index (χ1n) is 5.07. The average Bonchev–Trinajstić information content (AvgIpc) is 2.35. The van der Waals surface area contributed by atoms with E-state index in [0.717, 1.165) is 6.07 Å². The maximum Gasteiger partial charge on any atom is 0.194 e. The molecule has 0 saturated carbocycles. The summed E-state index contributed by atoms with van der Waals surface area (Å²) < 4.78 is 52.1. The maximum absolute atomic E-state index is 13.4. The van der Waals surface area contributed by atoms with Gasteiger partial charge in [0.15, 0.2) is 17.5 Å². The van der Waals surface area contributed by atoms with Crippen molar-refractivity contribution in [2.45, 2.75) is 6.10 Å². The van der Waals surface area contributed by atoms with E-state index < -0.39 is 29.4 Å². The van der Waals surface area contributed by atoms with Gasteiger partial charge in [-0.1, -0.05) is 18.2 Å². The quantitative estimate of drug-likeness (QED) is 0.645. The molecule has 2 aromatic carbocycles. The van der Waals surface area contributed by atoms with Crippen LogP contribution < -0.4 is 0 Å². The molecular weight excluding hydrogens is 248 g/mol. The summed E-state index contributed by atoms with van der Waals surface area (Å²) in [6.45, 7) is 0. The molecule has 0 saturated heterocycles. The first-order valence-corrected chi connectivity index (χ1v) is 5.07. The van der Waals surface area contributed by atoms with Crippen LogP contribution in [0, 0.1) is 23.3 Å². The Kier molecular flexibility index (Phi) is 3.34. The summed E-state index contributed by atoms with van der Waals surface area (Å²) in [6.07, 6.45) is -1.56. The monoisotopic (exact) mass is 256 g/mol. The zero-order chi connectivity index (χ0) is 13.3. The molecule has 0 aliphatic carbocycles. The van der Waals surface area contributed by atoms with E-state index in [-0.39, 0.29) is 11.1 Å². The molecule has 0 heterocycles. The SMILES string of the molecule is OC(c1cc(F)c(F)c(F)c1)c1ccccc1F. The minimum atomic E-state index is -1.63. The van der Waals surface area contributed by atoms with Crippen LogP contribution in [0.25, 0.3) is 0 Å². The lowest BCUT2D eigenvalue weighted by Gasteiger charge is -2.12. The van der Waals surface area contributed by atoms with Crippen LogP contribution in [-0.4, -0.2) is 5.11 Å². The number of aliphatic hydroxyl groups excluding tert-OH is 1. The summed E-state index contributed by atoms with van der Waals surface area (Å²) in [4.78, 5) is 0. The smallest absolute Gasteiger partial charge is 0.194 e. The van der Waals surface area contributed by atoms with E-state index in [4.69, 9.17) is 0 Å². The Bertz CT molecular complexity index is 560. The molecule has 18 heavy (non-hydrogen) atoms. The molecule has 0 aliphatic rings. The number of hydrogen-bond donors (Lipinski definition) is 1. The van der Waals surface area contributed by atoms with Gasteiger partial charge in [0.05, 0.1) is 0 Å². The van der Waals surface area contributed by atoms with Gasteiger partial charge in [0.25, 0.3) is 0 Å². The third kappa shape index (κ3) is 2.22.